The van der Waals surface area contributed by atoms with Gasteiger partial charge < -0.3 is 0 Å². The summed E-state index contributed by atoms with van der Waals surface area (Å²) in [4.78, 5) is 21.8. The monoisotopic (exact) mass is 608 g/mol. The average molecular weight is 609 g/mol. The summed E-state index contributed by atoms with van der Waals surface area (Å²) in [7, 11) is 0. The van der Waals surface area contributed by atoms with E-state index in [4.69, 9.17) is 0 Å². The van der Waals surface area contributed by atoms with Gasteiger partial charge >= 0.3 is 0 Å². The molecule has 0 bridgehead atoms. The summed E-state index contributed by atoms with van der Waals surface area (Å²) < 4.78 is 115. The van der Waals surface area contributed by atoms with Gasteiger partial charge in [0.25, 0.3) is 18.3 Å². The molecule has 4 aromatic rings. The molecular weight excluding hydrogens is 584 g/mol. The van der Waals surface area contributed by atoms with Gasteiger partial charge in [0.05, 0.1) is 11.3 Å². The number of hydrogen-bond acceptors (Lipinski definition) is 4. The van der Waals surface area contributed by atoms with Crippen molar-refractivity contribution in [3.05, 3.63) is 100 Å². The van der Waals surface area contributed by atoms with Crippen LogP contribution in [0.3, 0.4) is 0 Å². The lowest BCUT2D eigenvalue weighted by Gasteiger charge is -2.29. The number of benzene rings is 2. The van der Waals surface area contributed by atoms with Crippen LogP contribution in [0.2, 0.25) is 0 Å². The number of rotatable bonds is 9. The van der Waals surface area contributed by atoms with Crippen LogP contribution in [0.5, 0.6) is 0 Å². The number of aryl methyl sites for hydroxylation is 1. The highest BCUT2D eigenvalue weighted by Crippen LogP contribution is 2.52. The van der Waals surface area contributed by atoms with Gasteiger partial charge in [-0.3, -0.25) is 9.48 Å². The van der Waals surface area contributed by atoms with Gasteiger partial charge in [0.1, 0.15) is 35.9 Å². The topological polar surface area (TPSA) is 60.7 Å². The van der Waals surface area contributed by atoms with Crippen molar-refractivity contribution in [2.45, 2.75) is 63.3 Å². The highest BCUT2D eigenvalue weighted by atomic mass is 19.3. The summed E-state index contributed by atoms with van der Waals surface area (Å²) in [5.74, 6) is -11.4. The zero-order valence-corrected chi connectivity index (χ0v) is 22.6. The summed E-state index contributed by atoms with van der Waals surface area (Å²) in [6.07, 6.45) is -4.17. The number of halogens is 8. The Balaban J connectivity index is 1.54. The van der Waals surface area contributed by atoms with Crippen molar-refractivity contribution in [2.24, 2.45) is 0 Å². The number of carbonyl (C=O) groups is 1. The average Bonchev–Trinajstić information content (AvgIpc) is 3.33. The molecule has 2 aromatic heterocycles. The molecule has 1 aliphatic carbocycles. The van der Waals surface area contributed by atoms with E-state index in [2.05, 4.69) is 15.1 Å². The molecule has 0 N–H and O–H groups in total. The molecule has 1 aliphatic rings. The smallest absolute Gasteiger partial charge is 0.290 e. The molecule has 5 nitrogen and oxygen atoms in total. The minimum atomic E-state index is -3.99. The molecule has 43 heavy (non-hydrogen) atoms. The maximum atomic E-state index is 14.8. The standard InChI is InChI=1S/C30H24F8N4O/c1-16-2-4-18(5-3-16)23-13-39-15-40-25(23)19(8-17-9-20(31)12-21(32)10-17)11-22(43)14-42-27-24(26(41-42)28(33)34)29(35,36)6-7-30(27,37)38/h2-5,9-10,12-13,15,19,28H,6-8,11,14H2,1H3/t19-/m1/s1. The Hall–Kier alpha value is -4.16. The van der Waals surface area contributed by atoms with Crippen LogP contribution < -0.4 is 0 Å². The Morgan fingerprint density at radius 3 is 2.26 bits per heavy atom. The summed E-state index contributed by atoms with van der Waals surface area (Å²) in [5, 5.41) is 3.34. The highest BCUT2D eigenvalue weighted by Gasteiger charge is 2.55. The molecular formula is C30H24F8N4O. The van der Waals surface area contributed by atoms with Crippen LogP contribution in [0.15, 0.2) is 55.0 Å². The molecule has 226 valence electrons. The van der Waals surface area contributed by atoms with Crippen LogP contribution in [0, 0.1) is 18.6 Å². The van der Waals surface area contributed by atoms with Gasteiger partial charge in [-0.2, -0.15) is 13.9 Å². The molecule has 0 spiro atoms. The minimum absolute atomic E-state index is 0.135. The summed E-state index contributed by atoms with van der Waals surface area (Å²) in [6.45, 7) is 0.860. The Morgan fingerprint density at radius 1 is 0.953 bits per heavy atom. The van der Waals surface area contributed by atoms with Crippen LogP contribution in [0.1, 0.15) is 65.4 Å². The van der Waals surface area contributed by atoms with E-state index < -0.39 is 84.4 Å². The van der Waals surface area contributed by atoms with Crippen LogP contribution >= 0.6 is 0 Å². The Bertz CT molecular complexity index is 1630. The lowest BCUT2D eigenvalue weighted by Crippen LogP contribution is -2.33. The second kappa shape index (κ2) is 11.5. The van der Waals surface area contributed by atoms with Crippen molar-refractivity contribution < 1.29 is 39.9 Å². The molecule has 0 fully saturated rings. The van der Waals surface area contributed by atoms with Crippen molar-refractivity contribution in [2.75, 3.05) is 0 Å². The third kappa shape index (κ3) is 6.30. The normalized spacial score (nSPS) is 16.2. The number of alkyl halides is 6. The van der Waals surface area contributed by atoms with Crippen molar-refractivity contribution in [3.8, 4) is 11.1 Å². The van der Waals surface area contributed by atoms with Gasteiger partial charge in [0.2, 0.25) is 0 Å². The lowest BCUT2D eigenvalue weighted by molar-refractivity contribution is -0.121. The molecule has 2 heterocycles. The van der Waals surface area contributed by atoms with Crippen molar-refractivity contribution in [3.63, 3.8) is 0 Å². The number of fused-ring (bicyclic) bond motifs is 1. The van der Waals surface area contributed by atoms with E-state index >= 15 is 0 Å². The van der Waals surface area contributed by atoms with Crippen LogP contribution in [0.4, 0.5) is 35.1 Å². The van der Waals surface area contributed by atoms with E-state index in [1.54, 1.807) is 12.1 Å². The van der Waals surface area contributed by atoms with E-state index in [0.29, 0.717) is 22.9 Å². The van der Waals surface area contributed by atoms with Gasteiger partial charge in [0.15, 0.2) is 5.78 Å². The van der Waals surface area contributed by atoms with E-state index in [1.807, 2.05) is 19.1 Å². The van der Waals surface area contributed by atoms with E-state index in [0.717, 1.165) is 17.7 Å². The fourth-order valence-corrected chi connectivity index (χ4v) is 5.44. The zero-order chi connectivity index (χ0) is 31.1. The Labute approximate surface area is 240 Å². The molecule has 0 amide bonds. The van der Waals surface area contributed by atoms with E-state index in [9.17, 15) is 39.9 Å². The van der Waals surface area contributed by atoms with Crippen LogP contribution in [-0.2, 0) is 29.6 Å². The van der Waals surface area contributed by atoms with Gasteiger partial charge in [0, 0.05) is 43.0 Å². The van der Waals surface area contributed by atoms with Gasteiger partial charge in [-0.15, -0.1) is 0 Å². The predicted octanol–water partition coefficient (Wildman–Crippen LogP) is 7.83. The number of ketones is 1. The van der Waals surface area contributed by atoms with E-state index in [1.165, 1.54) is 12.5 Å². The molecule has 0 radical (unpaired) electrons. The van der Waals surface area contributed by atoms with Gasteiger partial charge in [-0.25, -0.2) is 36.3 Å². The summed E-state index contributed by atoms with van der Waals surface area (Å²) in [5.41, 5.74) is -1.92. The molecule has 1 atom stereocenters. The Morgan fingerprint density at radius 2 is 1.60 bits per heavy atom. The van der Waals surface area contributed by atoms with Gasteiger partial charge in [-0.1, -0.05) is 29.8 Å². The van der Waals surface area contributed by atoms with E-state index in [-0.39, 0.29) is 16.7 Å². The SMILES string of the molecule is Cc1ccc(-c2cncnc2[C@@H](CC(=O)Cn2nc(C(F)F)c3c2C(F)(F)CCC3(F)F)Cc2cc(F)cc(F)c2)cc1. The summed E-state index contributed by atoms with van der Waals surface area (Å²) >= 11 is 0. The second-order valence-electron chi connectivity index (χ2n) is 10.6. The molecule has 0 aliphatic heterocycles. The van der Waals surface area contributed by atoms with Gasteiger partial charge in [-0.05, 0) is 36.6 Å². The van der Waals surface area contributed by atoms with Crippen molar-refractivity contribution >= 4 is 5.78 Å². The van der Waals surface area contributed by atoms with Crippen molar-refractivity contribution in [1.82, 2.24) is 19.7 Å². The zero-order valence-electron chi connectivity index (χ0n) is 22.6. The number of Topliss-reactive ketones (excluding diaryl/α,β-unsaturated/α-hetero) is 1. The molecule has 0 saturated heterocycles. The molecule has 5 rings (SSSR count). The lowest BCUT2D eigenvalue weighted by atomic mass is 9.87. The Kier molecular flexibility index (Phi) is 8.10. The van der Waals surface area contributed by atoms with Crippen LogP contribution in [0.25, 0.3) is 11.1 Å². The number of carbonyl (C=O) groups excluding carboxylic acids is 1. The first kappa shape index (κ1) is 30.3. The number of hydrogen-bond donors (Lipinski definition) is 0. The maximum Gasteiger partial charge on any atom is 0.290 e. The first-order valence-electron chi connectivity index (χ1n) is 13.2. The highest BCUT2D eigenvalue weighted by molar-refractivity contribution is 5.80. The summed E-state index contributed by atoms with van der Waals surface area (Å²) in [6, 6.07) is 10.0. The number of aromatic nitrogens is 4. The minimum Gasteiger partial charge on any atom is -0.298 e. The molecule has 0 saturated carbocycles. The second-order valence-corrected chi connectivity index (χ2v) is 10.6. The third-order valence-corrected chi connectivity index (χ3v) is 7.35. The molecule has 0 unspecified atom stereocenters. The van der Waals surface area contributed by atoms with Crippen LogP contribution in [-0.4, -0.2) is 25.5 Å². The maximum absolute atomic E-state index is 14.8. The fourth-order valence-electron chi connectivity index (χ4n) is 5.44. The molecule has 2 aromatic carbocycles. The molecule has 13 heteroatoms. The first-order valence-corrected chi connectivity index (χ1v) is 13.2. The first-order chi connectivity index (χ1) is 20.2. The third-order valence-electron chi connectivity index (χ3n) is 7.35. The largest absolute Gasteiger partial charge is 0.298 e. The fraction of sp³-hybridized carbons (Fsp3) is 0.333. The van der Waals surface area contributed by atoms with Crippen molar-refractivity contribution in [1.29, 1.82) is 0 Å². The quantitative estimate of drug-likeness (QED) is 0.182. The predicted molar refractivity (Wildman–Crippen MR) is 139 cm³/mol. The number of nitrogens with zero attached hydrogens (tertiary/aromatic N) is 4.